The summed E-state index contributed by atoms with van der Waals surface area (Å²) in [5.41, 5.74) is -0.724. The van der Waals surface area contributed by atoms with E-state index in [1.54, 1.807) is 0 Å². The molecule has 0 spiro atoms. The molecule has 0 aromatic carbocycles. The molecule has 2 N–H and O–H groups in total. The molecule has 0 aromatic rings. The third kappa shape index (κ3) is 5.11. The minimum Gasteiger partial charge on any atom is -0.480 e. The molecule has 0 saturated carbocycles. The molecule has 0 aromatic heterocycles. The first-order valence-corrected chi connectivity index (χ1v) is 7.70. The summed E-state index contributed by atoms with van der Waals surface area (Å²) in [4.78, 5) is 11.3. The molecule has 1 fully saturated rings. The first-order valence-electron chi connectivity index (χ1n) is 7.70. The fourth-order valence-electron chi connectivity index (χ4n) is 2.80. The number of hydrogen-bond acceptors (Lipinski definition) is 3. The molecule has 0 unspecified atom stereocenters. The maximum absolute atomic E-state index is 11.3. The van der Waals surface area contributed by atoms with Crippen LogP contribution in [0.15, 0.2) is 0 Å². The predicted molar refractivity (Wildman–Crippen MR) is 76.3 cm³/mol. The van der Waals surface area contributed by atoms with E-state index in [0.717, 1.165) is 32.1 Å². The van der Waals surface area contributed by atoms with Crippen LogP contribution in [0.3, 0.4) is 0 Å². The van der Waals surface area contributed by atoms with Crippen molar-refractivity contribution in [3.8, 4) is 0 Å². The van der Waals surface area contributed by atoms with E-state index in [9.17, 15) is 9.90 Å². The SMILES string of the molecule is CCC(CC)(NCCCCC1CCOCC1)C(=O)O. The van der Waals surface area contributed by atoms with Crippen molar-refractivity contribution < 1.29 is 14.6 Å². The van der Waals surface area contributed by atoms with Crippen LogP contribution in [0.1, 0.15) is 58.8 Å². The van der Waals surface area contributed by atoms with Crippen molar-refractivity contribution in [3.63, 3.8) is 0 Å². The third-order valence-electron chi connectivity index (χ3n) is 4.46. The van der Waals surface area contributed by atoms with Gasteiger partial charge < -0.3 is 15.2 Å². The molecule has 0 bridgehead atoms. The van der Waals surface area contributed by atoms with Gasteiger partial charge in [-0.3, -0.25) is 4.79 Å². The standard InChI is InChI=1S/C15H29NO3/c1-3-15(4-2,14(17)18)16-10-6-5-7-13-8-11-19-12-9-13/h13,16H,3-12H2,1-2H3,(H,17,18). The summed E-state index contributed by atoms with van der Waals surface area (Å²) in [6.45, 7) is 6.50. The lowest BCUT2D eigenvalue weighted by Gasteiger charge is -2.28. The minimum absolute atomic E-state index is 0.638. The Labute approximate surface area is 116 Å². The average Bonchev–Trinajstić information content (AvgIpc) is 2.44. The van der Waals surface area contributed by atoms with Gasteiger partial charge in [0.05, 0.1) is 0 Å². The largest absolute Gasteiger partial charge is 0.480 e. The van der Waals surface area contributed by atoms with Crippen molar-refractivity contribution in [1.29, 1.82) is 0 Å². The molecule has 4 nitrogen and oxygen atoms in total. The van der Waals surface area contributed by atoms with Gasteiger partial charge in [-0.25, -0.2) is 0 Å². The van der Waals surface area contributed by atoms with Crippen LogP contribution in [0.2, 0.25) is 0 Å². The molecular weight excluding hydrogens is 242 g/mol. The van der Waals surface area contributed by atoms with Crippen molar-refractivity contribution in [2.24, 2.45) is 5.92 Å². The van der Waals surface area contributed by atoms with Gasteiger partial charge in [-0.05, 0) is 44.6 Å². The van der Waals surface area contributed by atoms with Crippen molar-refractivity contribution in [2.75, 3.05) is 19.8 Å². The normalized spacial score (nSPS) is 17.6. The molecule has 4 heteroatoms. The minimum atomic E-state index is -0.724. The van der Waals surface area contributed by atoms with Crippen molar-refractivity contribution in [1.82, 2.24) is 5.32 Å². The summed E-state index contributed by atoms with van der Waals surface area (Å²) in [7, 11) is 0. The van der Waals surface area contributed by atoms with Crippen LogP contribution in [-0.4, -0.2) is 36.4 Å². The van der Waals surface area contributed by atoms with Crippen molar-refractivity contribution >= 4 is 5.97 Å². The number of hydrogen-bond donors (Lipinski definition) is 2. The molecule has 1 saturated heterocycles. The van der Waals surface area contributed by atoms with Gasteiger partial charge in [0, 0.05) is 13.2 Å². The second kappa shape index (κ2) is 8.54. The Morgan fingerprint density at radius 2 is 1.89 bits per heavy atom. The molecule has 0 radical (unpaired) electrons. The molecular formula is C15H29NO3. The van der Waals surface area contributed by atoms with Crippen LogP contribution in [0.25, 0.3) is 0 Å². The summed E-state index contributed by atoms with van der Waals surface area (Å²) >= 11 is 0. The molecule has 0 atom stereocenters. The van der Waals surface area contributed by atoms with E-state index in [1.165, 1.54) is 25.7 Å². The Hall–Kier alpha value is -0.610. The van der Waals surface area contributed by atoms with E-state index in [-0.39, 0.29) is 0 Å². The topological polar surface area (TPSA) is 58.6 Å². The van der Waals surface area contributed by atoms with E-state index in [2.05, 4.69) is 5.32 Å². The summed E-state index contributed by atoms with van der Waals surface area (Å²) in [6.07, 6.45) is 7.15. The van der Waals surface area contributed by atoms with Gasteiger partial charge in [-0.1, -0.05) is 26.7 Å². The van der Waals surface area contributed by atoms with E-state index in [0.29, 0.717) is 12.8 Å². The van der Waals surface area contributed by atoms with E-state index < -0.39 is 11.5 Å². The highest BCUT2D eigenvalue weighted by Gasteiger charge is 2.33. The van der Waals surface area contributed by atoms with Gasteiger partial charge in [0.15, 0.2) is 0 Å². The number of aliphatic carboxylic acids is 1. The van der Waals surface area contributed by atoms with Gasteiger partial charge in [-0.2, -0.15) is 0 Å². The molecule has 1 aliphatic heterocycles. The van der Waals surface area contributed by atoms with E-state index in [1.807, 2.05) is 13.8 Å². The Morgan fingerprint density at radius 3 is 2.42 bits per heavy atom. The molecule has 0 aliphatic carbocycles. The zero-order valence-corrected chi connectivity index (χ0v) is 12.4. The number of carbonyl (C=O) groups is 1. The van der Waals surface area contributed by atoms with E-state index >= 15 is 0 Å². The lowest BCUT2D eigenvalue weighted by atomic mass is 9.92. The monoisotopic (exact) mass is 271 g/mol. The maximum Gasteiger partial charge on any atom is 0.323 e. The molecule has 1 heterocycles. The lowest BCUT2D eigenvalue weighted by Crippen LogP contribution is -2.51. The second-order valence-corrected chi connectivity index (χ2v) is 5.57. The van der Waals surface area contributed by atoms with Crippen LogP contribution < -0.4 is 5.32 Å². The van der Waals surface area contributed by atoms with Crippen molar-refractivity contribution in [3.05, 3.63) is 0 Å². The zero-order chi connectivity index (χ0) is 14.1. The number of carboxylic acid groups (broad SMARTS) is 1. The number of carboxylic acids is 1. The fourth-order valence-corrected chi connectivity index (χ4v) is 2.80. The summed E-state index contributed by atoms with van der Waals surface area (Å²) in [5, 5.41) is 12.6. The number of rotatable bonds is 9. The zero-order valence-electron chi connectivity index (χ0n) is 12.4. The fraction of sp³-hybridized carbons (Fsp3) is 0.933. The summed E-state index contributed by atoms with van der Waals surface area (Å²) in [5.74, 6) is 0.0947. The number of unbranched alkanes of at least 4 members (excludes halogenated alkanes) is 1. The first-order chi connectivity index (χ1) is 9.14. The van der Waals surface area contributed by atoms with Crippen LogP contribution in [0.4, 0.5) is 0 Å². The quantitative estimate of drug-likeness (QED) is 0.633. The van der Waals surface area contributed by atoms with Crippen LogP contribution in [0.5, 0.6) is 0 Å². The highest BCUT2D eigenvalue weighted by Crippen LogP contribution is 2.21. The average molecular weight is 271 g/mol. The third-order valence-corrected chi connectivity index (χ3v) is 4.46. The van der Waals surface area contributed by atoms with Gasteiger partial charge >= 0.3 is 5.97 Å². The summed E-state index contributed by atoms with van der Waals surface area (Å²) < 4.78 is 5.35. The maximum atomic E-state index is 11.3. The molecule has 0 amide bonds. The lowest BCUT2D eigenvalue weighted by molar-refractivity contribution is -0.145. The van der Waals surface area contributed by atoms with Gasteiger partial charge in [-0.15, -0.1) is 0 Å². The second-order valence-electron chi connectivity index (χ2n) is 5.57. The molecule has 19 heavy (non-hydrogen) atoms. The highest BCUT2D eigenvalue weighted by atomic mass is 16.5. The Morgan fingerprint density at radius 1 is 1.26 bits per heavy atom. The molecule has 1 aliphatic rings. The van der Waals surface area contributed by atoms with Crippen molar-refractivity contribution in [2.45, 2.75) is 64.3 Å². The van der Waals surface area contributed by atoms with E-state index in [4.69, 9.17) is 4.74 Å². The number of ether oxygens (including phenoxy) is 1. The summed E-state index contributed by atoms with van der Waals surface area (Å²) in [6, 6.07) is 0. The molecule has 112 valence electrons. The Balaban J connectivity index is 2.16. The smallest absolute Gasteiger partial charge is 0.323 e. The molecule has 1 rings (SSSR count). The highest BCUT2D eigenvalue weighted by molar-refractivity contribution is 5.78. The Bertz CT molecular complexity index is 258. The van der Waals surface area contributed by atoms with Gasteiger partial charge in [0.1, 0.15) is 5.54 Å². The van der Waals surface area contributed by atoms with Crippen LogP contribution in [-0.2, 0) is 9.53 Å². The first kappa shape index (κ1) is 16.4. The van der Waals surface area contributed by atoms with Crippen LogP contribution >= 0.6 is 0 Å². The predicted octanol–water partition coefficient (Wildman–Crippen LogP) is 2.82. The Kier molecular flexibility index (Phi) is 7.39. The van der Waals surface area contributed by atoms with Crippen LogP contribution in [0, 0.1) is 5.92 Å². The van der Waals surface area contributed by atoms with Gasteiger partial charge in [0.25, 0.3) is 0 Å². The van der Waals surface area contributed by atoms with Gasteiger partial charge in [0.2, 0.25) is 0 Å². The number of nitrogens with one attached hydrogen (secondary N) is 1.